The van der Waals surface area contributed by atoms with Crippen molar-refractivity contribution >= 4 is 7.82 Å². The van der Waals surface area contributed by atoms with Gasteiger partial charge in [-0.2, -0.15) is 4.57 Å². The molecule has 39 heavy (non-hydrogen) atoms. The normalized spacial score (nSPS) is 16.6. The highest BCUT2D eigenvalue weighted by atomic mass is 31.2. The fourth-order valence-electron chi connectivity index (χ4n) is 5.50. The number of hydrogen-bond donors (Lipinski definition) is 0. The first-order valence-electron chi connectivity index (χ1n) is 15.3. The molecule has 0 aliphatic carbocycles. The summed E-state index contributed by atoms with van der Waals surface area (Å²) in [5.74, 6) is 0.610. The number of rotatable bonds is 18. The molecule has 2 aromatic rings. The Morgan fingerprint density at radius 2 is 1.38 bits per heavy atom. The number of benzene rings is 2. The Kier molecular flexibility index (Phi) is 10.9. The molecule has 2 unspecified atom stereocenters. The fourth-order valence-corrected chi connectivity index (χ4v) is 6.47. The van der Waals surface area contributed by atoms with Gasteiger partial charge in [-0.05, 0) is 72.8 Å². The Balaban J connectivity index is 1.58. The number of unbranched alkanes of at least 4 members (excludes halogenated alkanes) is 5. The molecule has 3 aliphatic rings. The topological polar surface area (TPSA) is 54.0 Å². The molecule has 2 atom stereocenters. The van der Waals surface area contributed by atoms with Crippen LogP contribution in [0.4, 0.5) is 0 Å². The van der Waals surface area contributed by atoms with Gasteiger partial charge in [-0.1, -0.05) is 109 Å². The maximum absolute atomic E-state index is 12.0. The molecule has 3 heterocycles. The van der Waals surface area contributed by atoms with Gasteiger partial charge in [-0.15, -0.1) is 0 Å². The molecule has 5 rings (SSSR count). The van der Waals surface area contributed by atoms with Gasteiger partial charge in [0.05, 0.1) is 0 Å². The molecule has 0 spiro atoms. The first kappa shape index (κ1) is 29.6. The van der Waals surface area contributed by atoms with Gasteiger partial charge in [-0.25, -0.2) is 0 Å². The van der Waals surface area contributed by atoms with Crippen molar-refractivity contribution < 1.29 is 22.9 Å². The Morgan fingerprint density at radius 3 is 2.03 bits per heavy atom. The molecule has 0 radical (unpaired) electrons. The summed E-state index contributed by atoms with van der Waals surface area (Å²) < 4.78 is 33.6. The first-order valence-corrected chi connectivity index (χ1v) is 16.8. The summed E-state index contributed by atoms with van der Waals surface area (Å²) in [7, 11) is -3.42. The van der Waals surface area contributed by atoms with Gasteiger partial charge in [-0.3, -0.25) is 0 Å². The molecule has 0 saturated carbocycles. The monoisotopic (exact) mass is 554 g/mol. The minimum Gasteiger partial charge on any atom is -0.452 e. The van der Waals surface area contributed by atoms with Crippen LogP contribution < -0.4 is 0 Å². The maximum atomic E-state index is 12.0. The highest BCUT2D eigenvalue weighted by molar-refractivity contribution is 7.50. The summed E-state index contributed by atoms with van der Waals surface area (Å²) in [6.07, 6.45) is 14.7. The third kappa shape index (κ3) is 7.63. The lowest BCUT2D eigenvalue weighted by Crippen LogP contribution is -2.08. The minimum atomic E-state index is -3.42. The van der Waals surface area contributed by atoms with E-state index in [1.807, 2.05) is 0 Å². The molecular weight excluding hydrogens is 507 g/mol. The molecular formula is C33H47O5P. The second-order valence-corrected chi connectivity index (χ2v) is 12.4. The molecule has 1 saturated heterocycles. The zero-order valence-corrected chi connectivity index (χ0v) is 25.3. The highest BCUT2D eigenvalue weighted by Gasteiger charge is 2.58. The average molecular weight is 555 g/mol. The summed E-state index contributed by atoms with van der Waals surface area (Å²) in [6.45, 7) is 9.01. The van der Waals surface area contributed by atoms with Gasteiger partial charge >= 0.3 is 19.7 Å². The lowest BCUT2D eigenvalue weighted by molar-refractivity contribution is 0.0407. The lowest BCUT2D eigenvalue weighted by Gasteiger charge is -2.24. The highest BCUT2D eigenvalue weighted by Crippen LogP contribution is 2.70. The van der Waals surface area contributed by atoms with Crippen LogP contribution in [0.25, 0.3) is 0 Å². The number of ether oxygens (including phenoxy) is 1. The number of fused-ring (bicyclic) bond motifs is 1. The largest absolute Gasteiger partial charge is 0.654 e. The van der Waals surface area contributed by atoms with Crippen LogP contribution in [0.1, 0.15) is 138 Å². The molecule has 3 aliphatic heterocycles. The standard InChI is InChI=1S/C33H47O5P/c1-5-9-13-17-31(35-32-33-37-39(34,36-32)38-33)27-21-19-26(20-22-27)29(16-12-8-4)30-23-18-25(14-10-6-2)24-28(30)15-11-7-3/h18-24,29,31H,5-17H2,1-4H3. The van der Waals surface area contributed by atoms with Gasteiger partial charge in [0.1, 0.15) is 6.10 Å². The summed E-state index contributed by atoms with van der Waals surface area (Å²) in [6, 6.07) is 16.2. The van der Waals surface area contributed by atoms with E-state index in [4.69, 9.17) is 18.3 Å². The van der Waals surface area contributed by atoms with E-state index in [-0.39, 0.29) is 18.0 Å². The smallest absolute Gasteiger partial charge is 0.452 e. The number of phosphoric acid groups is 1. The summed E-state index contributed by atoms with van der Waals surface area (Å²) in [4.78, 5) is 0. The van der Waals surface area contributed by atoms with Crippen LogP contribution in [0.2, 0.25) is 0 Å². The van der Waals surface area contributed by atoms with Crippen LogP contribution >= 0.6 is 7.82 Å². The molecule has 0 aromatic heterocycles. The van der Waals surface area contributed by atoms with Crippen LogP contribution in [0.15, 0.2) is 54.4 Å². The van der Waals surface area contributed by atoms with Crippen molar-refractivity contribution in [1.29, 1.82) is 0 Å². The van der Waals surface area contributed by atoms with E-state index in [2.05, 4.69) is 70.2 Å². The third-order valence-electron chi connectivity index (χ3n) is 7.83. The fraction of sp³-hybridized carbons (Fsp3) is 0.576. The van der Waals surface area contributed by atoms with Crippen molar-refractivity contribution in [2.75, 3.05) is 0 Å². The van der Waals surface area contributed by atoms with E-state index in [1.54, 1.807) is 0 Å². The molecule has 5 nitrogen and oxygen atoms in total. The molecule has 214 valence electrons. The van der Waals surface area contributed by atoms with Gasteiger partial charge in [0.25, 0.3) is 0 Å². The summed E-state index contributed by atoms with van der Waals surface area (Å²) in [5.41, 5.74) is 6.93. The first-order chi connectivity index (χ1) is 19.0. The molecule has 6 heteroatoms. The predicted molar refractivity (Wildman–Crippen MR) is 157 cm³/mol. The number of aryl methyl sites for hydroxylation is 2. The zero-order chi connectivity index (χ0) is 27.7. The van der Waals surface area contributed by atoms with E-state index in [0.29, 0.717) is 5.92 Å². The van der Waals surface area contributed by atoms with E-state index in [9.17, 15) is 4.57 Å². The van der Waals surface area contributed by atoms with Gasteiger partial charge < -0.3 is 18.3 Å². The summed E-state index contributed by atoms with van der Waals surface area (Å²) >= 11 is 0. The van der Waals surface area contributed by atoms with E-state index >= 15 is 0 Å². The third-order valence-corrected chi connectivity index (χ3v) is 9.00. The van der Waals surface area contributed by atoms with Crippen molar-refractivity contribution in [3.63, 3.8) is 0 Å². The SMILES string of the molecule is CCCCCC(OC1=C2OP(=O)(O1)O2)c1ccc(C(CCCC)c2ccc(CCCC)cc2CCCC)cc1. The van der Waals surface area contributed by atoms with Crippen LogP contribution in [0.3, 0.4) is 0 Å². The van der Waals surface area contributed by atoms with Gasteiger partial charge in [0.15, 0.2) is 0 Å². The predicted octanol–water partition coefficient (Wildman–Crippen LogP) is 10.6. The van der Waals surface area contributed by atoms with Crippen LogP contribution in [0.5, 0.6) is 0 Å². The maximum Gasteiger partial charge on any atom is 0.654 e. The van der Waals surface area contributed by atoms with Crippen molar-refractivity contribution in [3.8, 4) is 0 Å². The summed E-state index contributed by atoms with van der Waals surface area (Å²) in [5, 5.41) is 0. The Labute approximate surface area is 235 Å². The van der Waals surface area contributed by atoms with Crippen molar-refractivity contribution in [1.82, 2.24) is 0 Å². The van der Waals surface area contributed by atoms with Gasteiger partial charge in [0.2, 0.25) is 0 Å². The Morgan fingerprint density at radius 1 is 0.718 bits per heavy atom. The Bertz CT molecular complexity index is 1130. The lowest BCUT2D eigenvalue weighted by atomic mass is 9.82. The number of phosphoric ester groups is 1. The zero-order valence-electron chi connectivity index (χ0n) is 24.4. The van der Waals surface area contributed by atoms with E-state index in [0.717, 1.165) is 50.5 Å². The van der Waals surface area contributed by atoms with Crippen molar-refractivity contribution in [3.05, 3.63) is 82.2 Å². The van der Waals surface area contributed by atoms with Crippen LogP contribution in [-0.4, -0.2) is 0 Å². The van der Waals surface area contributed by atoms with Crippen LogP contribution in [-0.2, 0) is 35.7 Å². The minimum absolute atomic E-state index is 0.108. The molecule has 0 N–H and O–H groups in total. The van der Waals surface area contributed by atoms with Crippen molar-refractivity contribution in [2.24, 2.45) is 0 Å². The molecule has 0 amide bonds. The number of hydrogen-bond acceptors (Lipinski definition) is 5. The molecule has 2 bridgehead atoms. The van der Waals surface area contributed by atoms with E-state index < -0.39 is 7.82 Å². The second-order valence-electron chi connectivity index (χ2n) is 11.0. The van der Waals surface area contributed by atoms with Gasteiger partial charge in [0, 0.05) is 5.92 Å². The average Bonchev–Trinajstić information content (AvgIpc) is 3.43. The second kappa shape index (κ2) is 14.3. The van der Waals surface area contributed by atoms with Crippen LogP contribution in [0, 0.1) is 0 Å². The van der Waals surface area contributed by atoms with Crippen molar-refractivity contribution in [2.45, 2.75) is 123 Å². The quantitative estimate of drug-likeness (QED) is 0.135. The molecule has 1 fully saturated rings. The Hall–Kier alpha value is -2.39. The molecule has 2 aromatic carbocycles. The van der Waals surface area contributed by atoms with E-state index in [1.165, 1.54) is 60.8 Å².